The molecule has 1 aromatic rings. The van der Waals surface area contributed by atoms with Gasteiger partial charge < -0.3 is 24.5 Å². The number of hydrogen-bond donors (Lipinski definition) is 2. The van der Waals surface area contributed by atoms with Gasteiger partial charge in [-0.05, 0) is 44.7 Å². The van der Waals surface area contributed by atoms with E-state index in [1.807, 2.05) is 6.07 Å². The summed E-state index contributed by atoms with van der Waals surface area (Å²) in [6.45, 7) is 12.0. The second-order valence-corrected chi connectivity index (χ2v) is 18.3. The van der Waals surface area contributed by atoms with Crippen LogP contribution in [0.15, 0.2) is 43.0 Å². The Hall–Kier alpha value is -3.00. The summed E-state index contributed by atoms with van der Waals surface area (Å²) in [4.78, 5) is 42.6. The van der Waals surface area contributed by atoms with Gasteiger partial charge >= 0.3 is 11.9 Å². The SMILES string of the molecule is C=CCOC(=O)c1ccccc1.CC(=O)CCCCCCCCCCCCCCCCCCO.CC(=O)O.CCCCCCCCCCCCCCCCCC(=O)OCCCCCCCC. The molecule has 8 heteroatoms. The van der Waals surface area contributed by atoms with E-state index < -0.39 is 5.97 Å². The van der Waals surface area contributed by atoms with E-state index in [1.165, 1.54) is 212 Å². The molecule has 0 heterocycles. The number of esters is 2. The van der Waals surface area contributed by atoms with E-state index in [0.717, 1.165) is 39.0 Å². The highest BCUT2D eigenvalue weighted by Crippen LogP contribution is 2.16. The second-order valence-electron chi connectivity index (χ2n) is 18.3. The largest absolute Gasteiger partial charge is 0.481 e. The lowest BCUT2D eigenvalue weighted by Gasteiger charge is -2.05. The zero-order valence-electron chi connectivity index (χ0n) is 43.7. The van der Waals surface area contributed by atoms with E-state index in [9.17, 15) is 14.4 Å². The van der Waals surface area contributed by atoms with Crippen molar-refractivity contribution in [2.45, 2.75) is 278 Å². The van der Waals surface area contributed by atoms with E-state index in [2.05, 4.69) is 20.4 Å². The van der Waals surface area contributed by atoms with Crippen molar-refractivity contribution in [2.75, 3.05) is 19.8 Å². The summed E-state index contributed by atoms with van der Waals surface area (Å²) < 4.78 is 10.1. The minimum Gasteiger partial charge on any atom is -0.481 e. The van der Waals surface area contributed by atoms with Crippen molar-refractivity contribution >= 4 is 23.7 Å². The molecule has 0 aliphatic rings. The Bertz CT molecular complexity index is 1150. The lowest BCUT2D eigenvalue weighted by molar-refractivity contribution is -0.144. The summed E-state index contributed by atoms with van der Waals surface area (Å²) in [5, 5.41) is 16.1. The maximum absolute atomic E-state index is 11.7. The van der Waals surface area contributed by atoms with Crippen LogP contribution in [0.1, 0.15) is 288 Å². The number of benzene rings is 1. The molecule has 0 amide bonds. The number of aliphatic hydroxyl groups is 1. The summed E-state index contributed by atoms with van der Waals surface area (Å²) in [5.74, 6) is -0.788. The molecule has 0 radical (unpaired) electrons. The van der Waals surface area contributed by atoms with E-state index >= 15 is 0 Å². The number of carbonyl (C=O) groups excluding carboxylic acids is 3. The fraction of sp³-hybridized carbons (Fsp3) is 0.793. The molecule has 1 rings (SSSR count). The van der Waals surface area contributed by atoms with Crippen molar-refractivity contribution < 1.29 is 38.9 Å². The molecule has 0 aliphatic carbocycles. The predicted molar refractivity (Wildman–Crippen MR) is 280 cm³/mol. The van der Waals surface area contributed by atoms with E-state index in [0.29, 0.717) is 31.0 Å². The average Bonchev–Trinajstić information content (AvgIpc) is 3.30. The van der Waals surface area contributed by atoms with Crippen LogP contribution in [0.4, 0.5) is 0 Å². The molecule has 0 spiro atoms. The third kappa shape index (κ3) is 65.3. The molecule has 0 bridgehead atoms. The predicted octanol–water partition coefficient (Wildman–Crippen LogP) is 17.5. The first-order valence-electron chi connectivity index (χ1n) is 27.4. The minimum absolute atomic E-state index is 0.0169. The third-order valence-corrected chi connectivity index (χ3v) is 11.5. The van der Waals surface area contributed by atoms with Gasteiger partial charge in [0.2, 0.25) is 0 Å². The van der Waals surface area contributed by atoms with E-state index in [-0.39, 0.29) is 18.5 Å². The van der Waals surface area contributed by atoms with Crippen molar-refractivity contribution in [2.24, 2.45) is 0 Å². The molecular formula is C58H106O8. The molecular weight excluding hydrogens is 825 g/mol. The Morgan fingerprint density at radius 3 is 1.12 bits per heavy atom. The first-order valence-corrected chi connectivity index (χ1v) is 27.4. The van der Waals surface area contributed by atoms with Gasteiger partial charge in [0.1, 0.15) is 12.4 Å². The van der Waals surface area contributed by atoms with Gasteiger partial charge in [-0.2, -0.15) is 0 Å². The summed E-state index contributed by atoms with van der Waals surface area (Å²) in [5.41, 5.74) is 0.569. The summed E-state index contributed by atoms with van der Waals surface area (Å²) in [6, 6.07) is 8.87. The van der Waals surface area contributed by atoms with Gasteiger partial charge in [-0.15, -0.1) is 0 Å². The van der Waals surface area contributed by atoms with Crippen LogP contribution in [-0.4, -0.2) is 53.7 Å². The first-order chi connectivity index (χ1) is 32.2. The van der Waals surface area contributed by atoms with Gasteiger partial charge in [-0.1, -0.05) is 257 Å². The number of carboxylic acids is 1. The van der Waals surface area contributed by atoms with E-state index in [4.69, 9.17) is 24.5 Å². The third-order valence-electron chi connectivity index (χ3n) is 11.5. The van der Waals surface area contributed by atoms with Crippen LogP contribution < -0.4 is 0 Å². The number of ketones is 1. The zero-order valence-corrected chi connectivity index (χ0v) is 43.7. The molecule has 0 saturated carbocycles. The Balaban J connectivity index is -0.000000919. The first kappa shape index (κ1) is 67.3. The van der Waals surface area contributed by atoms with E-state index in [1.54, 1.807) is 37.3 Å². The quantitative estimate of drug-likeness (QED) is 0.0376. The number of unbranched alkanes of at least 4 members (excludes halogenated alkanes) is 34. The Labute approximate surface area is 407 Å². The maximum Gasteiger partial charge on any atom is 0.338 e. The highest BCUT2D eigenvalue weighted by atomic mass is 16.5. The van der Waals surface area contributed by atoms with Gasteiger partial charge in [-0.25, -0.2) is 4.79 Å². The zero-order chi connectivity index (χ0) is 49.2. The van der Waals surface area contributed by atoms with Gasteiger partial charge in [0.15, 0.2) is 0 Å². The molecule has 0 saturated heterocycles. The van der Waals surface area contributed by atoms with Crippen LogP contribution in [0.2, 0.25) is 0 Å². The number of Topliss-reactive ketones (excluding diaryl/α,β-unsaturated/α-hetero) is 1. The number of rotatable bonds is 44. The fourth-order valence-electron chi connectivity index (χ4n) is 7.53. The Morgan fingerprint density at radius 2 is 0.788 bits per heavy atom. The minimum atomic E-state index is -0.833. The Kier molecular flexibility index (Phi) is 61.2. The van der Waals surface area contributed by atoms with Gasteiger partial charge in [-0.3, -0.25) is 9.59 Å². The van der Waals surface area contributed by atoms with Crippen molar-refractivity contribution in [3.63, 3.8) is 0 Å². The summed E-state index contributed by atoms with van der Waals surface area (Å²) >= 11 is 0. The van der Waals surface area contributed by atoms with Crippen LogP contribution in [0.3, 0.4) is 0 Å². The maximum atomic E-state index is 11.7. The molecule has 1 aromatic carbocycles. The average molecular weight is 931 g/mol. The molecule has 0 unspecified atom stereocenters. The number of aliphatic hydroxyl groups excluding tert-OH is 1. The lowest BCUT2D eigenvalue weighted by Crippen LogP contribution is -2.05. The normalized spacial score (nSPS) is 10.4. The van der Waals surface area contributed by atoms with Crippen LogP contribution in [-0.2, 0) is 23.9 Å². The molecule has 386 valence electrons. The molecule has 0 fully saturated rings. The number of ether oxygens (including phenoxy) is 2. The molecule has 0 aromatic heterocycles. The molecule has 0 aliphatic heterocycles. The standard InChI is InChI=1S/C26H52O2.C20H40O2.C10H10O2.C2H4O2/c1-3-5-7-9-11-12-13-14-15-16-17-18-19-20-22-24-26(27)28-25-23-21-10-8-6-4-2;1-20(22)18-16-14-12-10-8-6-4-2-3-5-7-9-11-13-15-17-19-21;1-2-8-12-10(11)9-6-4-3-5-7-9;1-2(3)4/h3-25H2,1-2H3;21H,2-19H2,1H3;2-7H,1,8H2;1H3,(H,3,4). The van der Waals surface area contributed by atoms with Gasteiger partial charge in [0, 0.05) is 26.4 Å². The summed E-state index contributed by atoms with van der Waals surface area (Å²) in [6.07, 6.45) is 51.8. The van der Waals surface area contributed by atoms with Crippen molar-refractivity contribution in [1.29, 1.82) is 0 Å². The molecule has 66 heavy (non-hydrogen) atoms. The number of hydrogen-bond acceptors (Lipinski definition) is 7. The van der Waals surface area contributed by atoms with Crippen molar-refractivity contribution in [3.05, 3.63) is 48.6 Å². The van der Waals surface area contributed by atoms with Gasteiger partial charge in [0.25, 0.3) is 5.97 Å². The van der Waals surface area contributed by atoms with Crippen LogP contribution in [0, 0.1) is 0 Å². The number of carboxylic acid groups (broad SMARTS) is 1. The molecule has 0 atom stereocenters. The highest BCUT2D eigenvalue weighted by Gasteiger charge is 2.04. The fourth-order valence-corrected chi connectivity index (χ4v) is 7.53. The van der Waals surface area contributed by atoms with Crippen LogP contribution >= 0.6 is 0 Å². The number of carbonyl (C=O) groups is 4. The highest BCUT2D eigenvalue weighted by molar-refractivity contribution is 5.89. The van der Waals surface area contributed by atoms with Crippen molar-refractivity contribution in [3.8, 4) is 0 Å². The van der Waals surface area contributed by atoms with Crippen LogP contribution in [0.25, 0.3) is 0 Å². The van der Waals surface area contributed by atoms with Crippen LogP contribution in [0.5, 0.6) is 0 Å². The molecule has 8 nitrogen and oxygen atoms in total. The molecule has 2 N–H and O–H groups in total. The summed E-state index contributed by atoms with van der Waals surface area (Å²) in [7, 11) is 0. The second kappa shape index (κ2) is 60.0. The van der Waals surface area contributed by atoms with Gasteiger partial charge in [0.05, 0.1) is 12.2 Å². The number of aliphatic carboxylic acids is 1. The Morgan fingerprint density at radius 1 is 0.470 bits per heavy atom. The monoisotopic (exact) mass is 931 g/mol. The lowest BCUT2D eigenvalue weighted by atomic mass is 10.0. The topological polar surface area (TPSA) is 127 Å². The smallest absolute Gasteiger partial charge is 0.338 e. The van der Waals surface area contributed by atoms with Crippen molar-refractivity contribution in [1.82, 2.24) is 0 Å².